The van der Waals surface area contributed by atoms with Crippen LogP contribution in [0, 0.1) is 0 Å². The summed E-state index contributed by atoms with van der Waals surface area (Å²) in [6.07, 6.45) is 1.61. The number of halogens is 2. The molecule has 0 saturated carbocycles. The van der Waals surface area contributed by atoms with Gasteiger partial charge in [0.25, 0.3) is 0 Å². The number of carbonyl (C=O) groups is 1. The molecule has 0 radical (unpaired) electrons. The van der Waals surface area contributed by atoms with Crippen LogP contribution in [0.4, 0.5) is 0 Å². The third-order valence-electron chi connectivity index (χ3n) is 2.84. The highest BCUT2D eigenvalue weighted by molar-refractivity contribution is 9.10. The smallest absolute Gasteiger partial charge is 0.243 e. The van der Waals surface area contributed by atoms with Crippen LogP contribution >= 0.6 is 28.3 Å². The minimum atomic E-state index is -3.65. The van der Waals surface area contributed by atoms with Gasteiger partial charge in [0.1, 0.15) is 0 Å². The third kappa shape index (κ3) is 6.62. The first-order chi connectivity index (χ1) is 9.87. The molecule has 0 fully saturated rings. The molecule has 1 aromatic carbocycles. The van der Waals surface area contributed by atoms with E-state index in [1.807, 2.05) is 0 Å². The van der Waals surface area contributed by atoms with E-state index in [-0.39, 0.29) is 29.8 Å². The molecule has 0 spiro atoms. The van der Waals surface area contributed by atoms with Gasteiger partial charge < -0.3 is 11.1 Å². The van der Waals surface area contributed by atoms with Crippen molar-refractivity contribution < 1.29 is 13.2 Å². The molecule has 0 aliphatic rings. The van der Waals surface area contributed by atoms with Crippen LogP contribution < -0.4 is 11.1 Å². The van der Waals surface area contributed by atoms with Gasteiger partial charge in [-0.15, -0.1) is 12.4 Å². The maximum absolute atomic E-state index is 12.3. The zero-order valence-electron chi connectivity index (χ0n) is 12.3. The molecule has 0 atom stereocenters. The van der Waals surface area contributed by atoms with E-state index in [2.05, 4.69) is 21.2 Å². The fraction of sp³-hybridized carbons (Fsp3) is 0.462. The number of nitrogens with two attached hydrogens (primary N) is 1. The van der Waals surface area contributed by atoms with Crippen molar-refractivity contribution in [2.45, 2.75) is 17.7 Å². The SMILES string of the molecule is CN(CC(=O)NCCCCN)S(=O)(=O)c1ccc(Br)cc1.Cl. The first-order valence-corrected chi connectivity index (χ1v) is 8.80. The van der Waals surface area contributed by atoms with E-state index in [1.54, 1.807) is 12.1 Å². The number of nitrogens with one attached hydrogen (secondary N) is 1. The molecule has 6 nitrogen and oxygen atoms in total. The fourth-order valence-corrected chi connectivity index (χ4v) is 3.02. The van der Waals surface area contributed by atoms with Crippen LogP contribution in [0.15, 0.2) is 33.6 Å². The van der Waals surface area contributed by atoms with Crippen LogP contribution in [-0.2, 0) is 14.8 Å². The van der Waals surface area contributed by atoms with Gasteiger partial charge in [-0.25, -0.2) is 8.42 Å². The Morgan fingerprint density at radius 3 is 2.41 bits per heavy atom. The molecule has 9 heteroatoms. The lowest BCUT2D eigenvalue weighted by atomic mass is 10.3. The molecule has 0 aliphatic heterocycles. The summed E-state index contributed by atoms with van der Waals surface area (Å²) >= 11 is 3.25. The van der Waals surface area contributed by atoms with Gasteiger partial charge in [-0.3, -0.25) is 4.79 Å². The second-order valence-electron chi connectivity index (χ2n) is 4.56. The van der Waals surface area contributed by atoms with Gasteiger partial charge in [0.2, 0.25) is 15.9 Å². The second kappa shape index (κ2) is 10.2. The lowest BCUT2D eigenvalue weighted by molar-refractivity contribution is -0.121. The highest BCUT2D eigenvalue weighted by atomic mass is 79.9. The van der Waals surface area contributed by atoms with E-state index in [0.29, 0.717) is 13.1 Å². The molecule has 1 aromatic rings. The average molecular weight is 415 g/mol. The fourth-order valence-electron chi connectivity index (χ4n) is 1.63. The standard InChI is InChI=1S/C13H20BrN3O3S.ClH/c1-17(10-13(18)16-9-3-2-8-15)21(19,20)12-6-4-11(14)5-7-12;/h4-7H,2-3,8-10,15H2,1H3,(H,16,18);1H. The Labute approximate surface area is 146 Å². The summed E-state index contributed by atoms with van der Waals surface area (Å²) in [5.41, 5.74) is 5.35. The van der Waals surface area contributed by atoms with Crippen LogP contribution in [-0.4, -0.2) is 45.3 Å². The summed E-state index contributed by atoms with van der Waals surface area (Å²) in [6, 6.07) is 6.28. The summed E-state index contributed by atoms with van der Waals surface area (Å²) < 4.78 is 26.4. The molecular weight excluding hydrogens is 394 g/mol. The van der Waals surface area contributed by atoms with Gasteiger partial charge in [-0.1, -0.05) is 15.9 Å². The Balaban J connectivity index is 0.00000441. The van der Waals surface area contributed by atoms with Crippen molar-refractivity contribution in [3.05, 3.63) is 28.7 Å². The molecular formula is C13H21BrClN3O3S. The van der Waals surface area contributed by atoms with Gasteiger partial charge in [0.05, 0.1) is 11.4 Å². The molecule has 126 valence electrons. The molecule has 0 aliphatic carbocycles. The number of sulfonamides is 1. The Morgan fingerprint density at radius 1 is 1.27 bits per heavy atom. The molecule has 3 N–H and O–H groups in total. The topological polar surface area (TPSA) is 92.5 Å². The molecule has 22 heavy (non-hydrogen) atoms. The number of unbranched alkanes of at least 4 members (excludes halogenated alkanes) is 1. The predicted molar refractivity (Wildman–Crippen MR) is 92.5 cm³/mol. The number of nitrogens with zero attached hydrogens (tertiary/aromatic N) is 1. The number of likely N-dealkylation sites (N-methyl/N-ethyl adjacent to an activating group) is 1. The van der Waals surface area contributed by atoms with Gasteiger partial charge in [0, 0.05) is 18.1 Å². The summed E-state index contributed by atoms with van der Waals surface area (Å²) in [4.78, 5) is 11.8. The van der Waals surface area contributed by atoms with Crippen molar-refractivity contribution >= 4 is 44.3 Å². The Bertz CT molecular complexity index is 566. The maximum atomic E-state index is 12.3. The molecule has 0 heterocycles. The minimum absolute atomic E-state index is 0. The quantitative estimate of drug-likeness (QED) is 0.628. The summed E-state index contributed by atoms with van der Waals surface area (Å²) in [5.74, 6) is -0.324. The average Bonchev–Trinajstić information content (AvgIpc) is 2.44. The summed E-state index contributed by atoms with van der Waals surface area (Å²) in [6.45, 7) is 0.872. The van der Waals surface area contributed by atoms with E-state index in [4.69, 9.17) is 5.73 Å². The van der Waals surface area contributed by atoms with E-state index < -0.39 is 10.0 Å². The van der Waals surface area contributed by atoms with E-state index >= 15 is 0 Å². The van der Waals surface area contributed by atoms with E-state index in [9.17, 15) is 13.2 Å². The molecule has 0 bridgehead atoms. The van der Waals surface area contributed by atoms with E-state index in [0.717, 1.165) is 21.6 Å². The highest BCUT2D eigenvalue weighted by Crippen LogP contribution is 2.17. The second-order valence-corrected chi connectivity index (χ2v) is 7.52. The third-order valence-corrected chi connectivity index (χ3v) is 5.19. The number of hydrogen-bond donors (Lipinski definition) is 2. The minimum Gasteiger partial charge on any atom is -0.355 e. The Hall–Kier alpha value is -0.670. The molecule has 0 aromatic heterocycles. The first kappa shape index (κ1) is 21.3. The van der Waals surface area contributed by atoms with Crippen LogP contribution in [0.1, 0.15) is 12.8 Å². The van der Waals surface area contributed by atoms with Crippen molar-refractivity contribution in [3.63, 3.8) is 0 Å². The Kier molecular flexibility index (Phi) is 9.86. The van der Waals surface area contributed by atoms with Crippen LogP contribution in [0.5, 0.6) is 0 Å². The van der Waals surface area contributed by atoms with Crippen molar-refractivity contribution in [2.75, 3.05) is 26.7 Å². The van der Waals surface area contributed by atoms with Crippen molar-refractivity contribution in [2.24, 2.45) is 5.73 Å². The number of benzene rings is 1. The number of rotatable bonds is 8. The first-order valence-electron chi connectivity index (χ1n) is 6.56. The van der Waals surface area contributed by atoms with Crippen LogP contribution in [0.25, 0.3) is 0 Å². The lowest BCUT2D eigenvalue weighted by Crippen LogP contribution is -2.38. The normalized spacial score (nSPS) is 11.1. The van der Waals surface area contributed by atoms with Gasteiger partial charge in [0.15, 0.2) is 0 Å². The predicted octanol–water partition coefficient (Wildman–Crippen LogP) is 1.35. The molecule has 1 rings (SSSR count). The van der Waals surface area contributed by atoms with Gasteiger partial charge in [-0.05, 0) is 43.7 Å². The zero-order valence-corrected chi connectivity index (χ0v) is 15.5. The van der Waals surface area contributed by atoms with Crippen molar-refractivity contribution in [1.29, 1.82) is 0 Å². The monoisotopic (exact) mass is 413 g/mol. The summed E-state index contributed by atoms with van der Waals surface area (Å²) in [7, 11) is -2.27. The van der Waals surface area contributed by atoms with Crippen LogP contribution in [0.3, 0.4) is 0 Å². The van der Waals surface area contributed by atoms with E-state index in [1.165, 1.54) is 19.2 Å². The number of hydrogen-bond acceptors (Lipinski definition) is 4. The van der Waals surface area contributed by atoms with Crippen LogP contribution in [0.2, 0.25) is 0 Å². The largest absolute Gasteiger partial charge is 0.355 e. The number of carbonyl (C=O) groups excluding carboxylic acids is 1. The van der Waals surface area contributed by atoms with Crippen molar-refractivity contribution in [3.8, 4) is 0 Å². The summed E-state index contributed by atoms with van der Waals surface area (Å²) in [5, 5.41) is 2.67. The highest BCUT2D eigenvalue weighted by Gasteiger charge is 2.22. The molecule has 0 unspecified atom stereocenters. The van der Waals surface area contributed by atoms with Crippen molar-refractivity contribution in [1.82, 2.24) is 9.62 Å². The number of amides is 1. The van der Waals surface area contributed by atoms with Gasteiger partial charge in [-0.2, -0.15) is 4.31 Å². The molecule has 0 saturated heterocycles. The lowest BCUT2D eigenvalue weighted by Gasteiger charge is -2.17. The molecule has 1 amide bonds. The Morgan fingerprint density at radius 2 is 1.86 bits per heavy atom. The zero-order chi connectivity index (χ0) is 15.9. The van der Waals surface area contributed by atoms with Gasteiger partial charge >= 0.3 is 0 Å². The maximum Gasteiger partial charge on any atom is 0.243 e.